The number of ether oxygens (including phenoxy) is 4. The summed E-state index contributed by atoms with van der Waals surface area (Å²) < 4.78 is 21.6. The molecule has 12 nitrogen and oxygen atoms in total. The molecule has 0 spiro atoms. The van der Waals surface area contributed by atoms with E-state index in [4.69, 9.17) is 18.9 Å². The van der Waals surface area contributed by atoms with Crippen molar-refractivity contribution < 1.29 is 59.8 Å². The third-order valence-electron chi connectivity index (χ3n) is 5.05. The zero-order valence-electron chi connectivity index (χ0n) is 15.7. The Bertz CT molecular complexity index is 668. The molecule has 0 bridgehead atoms. The fourth-order valence-corrected chi connectivity index (χ4v) is 3.31. The summed E-state index contributed by atoms with van der Waals surface area (Å²) in [6, 6.07) is 5.50. The molecule has 2 saturated heterocycles. The van der Waals surface area contributed by atoms with Crippen molar-refractivity contribution in [1.82, 2.24) is 0 Å². The Morgan fingerprint density at radius 3 is 1.87 bits per heavy atom. The van der Waals surface area contributed by atoms with E-state index in [2.05, 4.69) is 0 Å². The Labute approximate surface area is 171 Å². The number of benzene rings is 1. The van der Waals surface area contributed by atoms with Gasteiger partial charge < -0.3 is 59.8 Å². The number of rotatable bonds is 6. The highest BCUT2D eigenvalue weighted by molar-refractivity contribution is 5.30. The van der Waals surface area contributed by atoms with E-state index >= 15 is 0 Å². The molecule has 10 atom stereocenters. The number of aliphatic hydroxyl groups excluding tert-OH is 7. The summed E-state index contributed by atoms with van der Waals surface area (Å²) in [5, 5.41) is 78.9. The molecule has 2 fully saturated rings. The van der Waals surface area contributed by atoms with Gasteiger partial charge in [0.05, 0.1) is 13.2 Å². The van der Waals surface area contributed by atoms with Gasteiger partial charge in [-0.05, 0) is 24.3 Å². The third kappa shape index (κ3) is 4.68. The second kappa shape index (κ2) is 9.70. The van der Waals surface area contributed by atoms with Gasteiger partial charge in [0.15, 0.2) is 6.29 Å². The van der Waals surface area contributed by atoms with Gasteiger partial charge in [-0.25, -0.2) is 0 Å². The molecule has 0 amide bonds. The SMILES string of the molecule is OC[C@H]1O[C@H](O[C@H]2[C@H](O)[C@@H](O)[C@@H](Oc3ccc(O)cc3)O[C@@H]2CO)[C@H](O)[C@@H](O)[C@@H]1O. The number of phenols is 1. The van der Waals surface area contributed by atoms with E-state index in [1.54, 1.807) is 0 Å². The largest absolute Gasteiger partial charge is 0.508 e. The third-order valence-corrected chi connectivity index (χ3v) is 5.05. The van der Waals surface area contributed by atoms with Crippen LogP contribution in [0, 0.1) is 0 Å². The van der Waals surface area contributed by atoms with Crippen LogP contribution in [-0.4, -0.2) is 115 Å². The van der Waals surface area contributed by atoms with E-state index in [9.17, 15) is 40.9 Å². The molecule has 2 aliphatic heterocycles. The minimum absolute atomic E-state index is 0.00581. The molecule has 170 valence electrons. The van der Waals surface area contributed by atoms with Gasteiger partial charge in [0.25, 0.3) is 0 Å². The summed E-state index contributed by atoms with van der Waals surface area (Å²) in [7, 11) is 0. The molecule has 0 radical (unpaired) electrons. The average Bonchev–Trinajstić information content (AvgIpc) is 2.74. The van der Waals surface area contributed by atoms with Gasteiger partial charge in [-0.15, -0.1) is 0 Å². The Morgan fingerprint density at radius 1 is 0.700 bits per heavy atom. The van der Waals surface area contributed by atoms with Crippen molar-refractivity contribution in [3.05, 3.63) is 24.3 Å². The molecule has 0 unspecified atom stereocenters. The maximum atomic E-state index is 10.5. The summed E-state index contributed by atoms with van der Waals surface area (Å²) in [4.78, 5) is 0. The second-order valence-electron chi connectivity index (χ2n) is 7.12. The molecule has 0 saturated carbocycles. The van der Waals surface area contributed by atoms with E-state index in [0.717, 1.165) is 0 Å². The molecule has 0 aromatic heterocycles. The second-order valence-corrected chi connectivity index (χ2v) is 7.12. The van der Waals surface area contributed by atoms with Gasteiger partial charge >= 0.3 is 0 Å². The predicted octanol–water partition coefficient (Wildman–Crippen LogP) is -3.60. The summed E-state index contributed by atoms with van der Waals surface area (Å²) >= 11 is 0. The normalized spacial score (nSPS) is 42.1. The molecular formula is C18H26O12. The molecule has 12 heteroatoms. The molecule has 30 heavy (non-hydrogen) atoms. The minimum atomic E-state index is -1.74. The van der Waals surface area contributed by atoms with Crippen LogP contribution in [0.1, 0.15) is 0 Å². The molecule has 8 N–H and O–H groups in total. The first-order valence-corrected chi connectivity index (χ1v) is 9.31. The van der Waals surface area contributed by atoms with E-state index < -0.39 is 74.6 Å². The lowest BCUT2D eigenvalue weighted by molar-refractivity contribution is -0.352. The Kier molecular flexibility index (Phi) is 7.47. The van der Waals surface area contributed by atoms with Crippen LogP contribution in [0.25, 0.3) is 0 Å². The van der Waals surface area contributed by atoms with Crippen molar-refractivity contribution in [2.24, 2.45) is 0 Å². The van der Waals surface area contributed by atoms with Crippen LogP contribution in [0.15, 0.2) is 24.3 Å². The van der Waals surface area contributed by atoms with Crippen molar-refractivity contribution in [3.63, 3.8) is 0 Å². The topological polar surface area (TPSA) is 199 Å². The molecule has 1 aromatic carbocycles. The number of phenolic OH excluding ortho intramolecular Hbond substituents is 1. The summed E-state index contributed by atoms with van der Waals surface area (Å²) in [5.74, 6) is 0.211. The summed E-state index contributed by atoms with van der Waals surface area (Å²) in [6.07, 6.45) is -15.2. The van der Waals surface area contributed by atoms with Crippen molar-refractivity contribution >= 4 is 0 Å². The summed E-state index contributed by atoms with van der Waals surface area (Å²) in [6.45, 7) is -1.34. The van der Waals surface area contributed by atoms with Crippen LogP contribution in [0.5, 0.6) is 11.5 Å². The lowest BCUT2D eigenvalue weighted by atomic mass is 9.97. The van der Waals surface area contributed by atoms with Crippen LogP contribution in [0.3, 0.4) is 0 Å². The van der Waals surface area contributed by atoms with Crippen LogP contribution >= 0.6 is 0 Å². The zero-order valence-corrected chi connectivity index (χ0v) is 15.7. The highest BCUT2D eigenvalue weighted by Gasteiger charge is 2.51. The van der Waals surface area contributed by atoms with Gasteiger partial charge in [0.2, 0.25) is 6.29 Å². The number of aliphatic hydroxyl groups is 7. The number of hydrogen-bond donors (Lipinski definition) is 8. The van der Waals surface area contributed by atoms with Gasteiger partial charge in [-0.1, -0.05) is 0 Å². The maximum Gasteiger partial charge on any atom is 0.229 e. The van der Waals surface area contributed by atoms with E-state index in [1.165, 1.54) is 24.3 Å². The fraction of sp³-hybridized carbons (Fsp3) is 0.667. The first-order chi connectivity index (χ1) is 14.3. The van der Waals surface area contributed by atoms with Crippen LogP contribution in [0.4, 0.5) is 0 Å². The van der Waals surface area contributed by atoms with Crippen molar-refractivity contribution in [3.8, 4) is 11.5 Å². The van der Waals surface area contributed by atoms with Crippen LogP contribution in [0.2, 0.25) is 0 Å². The highest BCUT2D eigenvalue weighted by Crippen LogP contribution is 2.30. The van der Waals surface area contributed by atoms with E-state index in [1.807, 2.05) is 0 Å². The molecule has 1 aromatic rings. The van der Waals surface area contributed by atoms with Gasteiger partial charge in [0.1, 0.15) is 60.3 Å². The maximum absolute atomic E-state index is 10.5. The first kappa shape index (κ1) is 23.1. The first-order valence-electron chi connectivity index (χ1n) is 9.31. The molecule has 2 aliphatic rings. The van der Waals surface area contributed by atoms with Crippen LogP contribution in [-0.2, 0) is 14.2 Å². The van der Waals surface area contributed by atoms with Crippen molar-refractivity contribution in [2.75, 3.05) is 13.2 Å². The highest BCUT2D eigenvalue weighted by atomic mass is 16.7. The van der Waals surface area contributed by atoms with Crippen molar-refractivity contribution in [1.29, 1.82) is 0 Å². The Balaban J connectivity index is 1.71. The Morgan fingerprint density at radius 2 is 1.27 bits per heavy atom. The standard InChI is InChI=1S/C18H26O12/c19-5-9-11(22)12(23)14(25)18(28-9)30-16-10(6-20)29-17(15(26)13(16)24)27-8-3-1-7(21)2-4-8/h1-4,9-26H,5-6H2/t9-,10-,11-,12+,13-,14-,15-,16-,17+,18-/m1/s1. The van der Waals surface area contributed by atoms with Crippen molar-refractivity contribution in [2.45, 2.75) is 61.4 Å². The molecular weight excluding hydrogens is 408 g/mol. The average molecular weight is 434 g/mol. The molecule has 0 aliphatic carbocycles. The fourth-order valence-electron chi connectivity index (χ4n) is 3.31. The van der Waals surface area contributed by atoms with Gasteiger partial charge in [-0.3, -0.25) is 0 Å². The lowest BCUT2D eigenvalue weighted by Gasteiger charge is -2.45. The quantitative estimate of drug-likeness (QED) is 0.219. The smallest absolute Gasteiger partial charge is 0.229 e. The van der Waals surface area contributed by atoms with E-state index in [0.29, 0.717) is 0 Å². The Hall–Kier alpha value is -1.58. The molecule has 3 rings (SSSR count). The van der Waals surface area contributed by atoms with E-state index in [-0.39, 0.29) is 11.5 Å². The molecule has 2 heterocycles. The minimum Gasteiger partial charge on any atom is -0.508 e. The lowest BCUT2D eigenvalue weighted by Crippen LogP contribution is -2.65. The predicted molar refractivity (Wildman–Crippen MR) is 95.1 cm³/mol. The number of aromatic hydroxyl groups is 1. The summed E-state index contributed by atoms with van der Waals surface area (Å²) in [5.41, 5.74) is 0. The monoisotopic (exact) mass is 434 g/mol. The zero-order chi connectivity index (χ0) is 22.0. The van der Waals surface area contributed by atoms with Gasteiger partial charge in [-0.2, -0.15) is 0 Å². The van der Waals surface area contributed by atoms with Crippen LogP contribution < -0.4 is 4.74 Å². The van der Waals surface area contributed by atoms with Gasteiger partial charge in [0, 0.05) is 0 Å². The number of hydrogen-bond acceptors (Lipinski definition) is 12.